The van der Waals surface area contributed by atoms with E-state index in [4.69, 9.17) is 5.73 Å². The minimum atomic E-state index is -0.318. The zero-order valence-electron chi connectivity index (χ0n) is 10.4. The molecule has 1 aliphatic rings. The van der Waals surface area contributed by atoms with Crippen molar-refractivity contribution < 1.29 is 9.59 Å². The highest BCUT2D eigenvalue weighted by molar-refractivity contribution is 6.35. The maximum Gasteiger partial charge on any atom is 0.266 e. The third-order valence-electron chi connectivity index (χ3n) is 3.29. The Hall–Kier alpha value is -2.62. The fraction of sp³-hybridized carbons (Fsp3) is 0.0667. The summed E-state index contributed by atoms with van der Waals surface area (Å²) in [6.45, 7) is 1.83. The number of carbonyl (C=O) groups is 2. The zero-order valence-corrected chi connectivity index (χ0v) is 10.4. The van der Waals surface area contributed by atoms with Crippen molar-refractivity contribution in [2.75, 3.05) is 10.6 Å². The average molecular weight is 252 g/mol. The van der Waals surface area contributed by atoms with Crippen LogP contribution in [-0.2, 0) is 0 Å². The normalized spacial score (nSPS) is 13.8. The number of rotatable bonds is 1. The molecule has 4 nitrogen and oxygen atoms in total. The van der Waals surface area contributed by atoms with Crippen molar-refractivity contribution in [3.05, 3.63) is 59.2 Å². The Morgan fingerprint density at radius 2 is 1.47 bits per heavy atom. The van der Waals surface area contributed by atoms with Gasteiger partial charge in [-0.1, -0.05) is 24.3 Å². The van der Waals surface area contributed by atoms with Crippen LogP contribution in [0.2, 0.25) is 0 Å². The minimum Gasteiger partial charge on any atom is -0.397 e. The first kappa shape index (κ1) is 11.5. The number of nitrogen functional groups attached to an aromatic ring is 1. The molecule has 1 heterocycles. The smallest absolute Gasteiger partial charge is 0.266 e. The van der Waals surface area contributed by atoms with Crippen LogP contribution in [0.1, 0.15) is 26.3 Å². The van der Waals surface area contributed by atoms with E-state index in [9.17, 15) is 9.59 Å². The fourth-order valence-corrected chi connectivity index (χ4v) is 2.38. The predicted octanol–water partition coefficient (Wildman–Crippen LogP) is 2.38. The number of nitrogens with two attached hydrogens (primary N) is 1. The van der Waals surface area contributed by atoms with Gasteiger partial charge in [-0.15, -0.1) is 0 Å². The van der Waals surface area contributed by atoms with Crippen LogP contribution in [0, 0.1) is 6.92 Å². The van der Waals surface area contributed by atoms with Crippen molar-refractivity contribution in [1.82, 2.24) is 0 Å². The van der Waals surface area contributed by atoms with Crippen LogP contribution in [0.5, 0.6) is 0 Å². The lowest BCUT2D eigenvalue weighted by molar-refractivity contribution is 0.0926. The molecule has 2 amide bonds. The average Bonchev–Trinajstić information content (AvgIpc) is 2.64. The van der Waals surface area contributed by atoms with Gasteiger partial charge in [0.05, 0.1) is 22.5 Å². The molecule has 2 aromatic rings. The summed E-state index contributed by atoms with van der Waals surface area (Å²) in [7, 11) is 0. The van der Waals surface area contributed by atoms with E-state index < -0.39 is 0 Å². The molecule has 0 radical (unpaired) electrons. The Bertz CT molecular complexity index is 652. The summed E-state index contributed by atoms with van der Waals surface area (Å²) in [6, 6.07) is 12.1. The molecule has 4 heteroatoms. The van der Waals surface area contributed by atoms with E-state index in [0.29, 0.717) is 22.5 Å². The second-order valence-electron chi connectivity index (χ2n) is 4.50. The van der Waals surface area contributed by atoms with Gasteiger partial charge in [0.1, 0.15) is 0 Å². The number of nitrogens with zero attached hydrogens (tertiary/aromatic N) is 1. The first-order valence-electron chi connectivity index (χ1n) is 5.94. The quantitative estimate of drug-likeness (QED) is 0.626. The summed E-state index contributed by atoms with van der Waals surface area (Å²) in [5.41, 5.74) is 8.47. The molecular weight excluding hydrogens is 240 g/mol. The number of hydrogen-bond donors (Lipinski definition) is 1. The molecular formula is C15H12N2O2. The fourth-order valence-electron chi connectivity index (χ4n) is 2.38. The summed E-state index contributed by atoms with van der Waals surface area (Å²) in [6.07, 6.45) is 0. The molecule has 0 saturated heterocycles. The lowest BCUT2D eigenvalue weighted by Gasteiger charge is -2.18. The third kappa shape index (κ3) is 1.53. The van der Waals surface area contributed by atoms with Crippen LogP contribution in [0.3, 0.4) is 0 Å². The zero-order chi connectivity index (χ0) is 13.6. The summed E-state index contributed by atoms with van der Waals surface area (Å²) >= 11 is 0. The van der Waals surface area contributed by atoms with E-state index in [1.165, 1.54) is 0 Å². The van der Waals surface area contributed by atoms with Crippen molar-refractivity contribution in [3.8, 4) is 0 Å². The van der Waals surface area contributed by atoms with Crippen LogP contribution in [0.25, 0.3) is 0 Å². The Kier molecular flexibility index (Phi) is 2.38. The number of fused-ring (bicyclic) bond motifs is 1. The summed E-state index contributed by atoms with van der Waals surface area (Å²) in [4.78, 5) is 25.9. The van der Waals surface area contributed by atoms with E-state index in [-0.39, 0.29) is 11.8 Å². The number of para-hydroxylation sites is 1. The molecule has 0 saturated carbocycles. The number of carbonyl (C=O) groups excluding carboxylic acids is 2. The third-order valence-corrected chi connectivity index (χ3v) is 3.29. The van der Waals surface area contributed by atoms with Crippen molar-refractivity contribution in [3.63, 3.8) is 0 Å². The molecule has 2 aromatic carbocycles. The summed E-state index contributed by atoms with van der Waals surface area (Å²) in [5, 5.41) is 0. The van der Waals surface area contributed by atoms with Crippen LogP contribution in [-0.4, -0.2) is 11.8 Å². The van der Waals surface area contributed by atoms with E-state index in [0.717, 1.165) is 10.5 Å². The van der Waals surface area contributed by atoms with Gasteiger partial charge in [-0.25, -0.2) is 4.90 Å². The van der Waals surface area contributed by atoms with Crippen LogP contribution >= 0.6 is 0 Å². The van der Waals surface area contributed by atoms with Gasteiger partial charge >= 0.3 is 0 Å². The van der Waals surface area contributed by atoms with E-state index in [2.05, 4.69) is 0 Å². The molecule has 0 atom stereocenters. The number of amides is 2. The van der Waals surface area contributed by atoms with Crippen LogP contribution in [0.15, 0.2) is 42.5 Å². The van der Waals surface area contributed by atoms with Crippen LogP contribution in [0.4, 0.5) is 11.4 Å². The lowest BCUT2D eigenvalue weighted by atomic mass is 10.1. The van der Waals surface area contributed by atoms with Crippen molar-refractivity contribution in [1.29, 1.82) is 0 Å². The summed E-state index contributed by atoms with van der Waals surface area (Å²) < 4.78 is 0. The number of benzene rings is 2. The second-order valence-corrected chi connectivity index (χ2v) is 4.50. The Morgan fingerprint density at radius 3 is 2.00 bits per heavy atom. The molecule has 0 unspecified atom stereocenters. The largest absolute Gasteiger partial charge is 0.397 e. The molecule has 0 fully saturated rings. The van der Waals surface area contributed by atoms with Crippen molar-refractivity contribution in [2.45, 2.75) is 6.92 Å². The molecule has 1 aliphatic heterocycles. The van der Waals surface area contributed by atoms with Gasteiger partial charge in [0.25, 0.3) is 11.8 Å². The molecule has 3 rings (SSSR count). The van der Waals surface area contributed by atoms with E-state index >= 15 is 0 Å². The van der Waals surface area contributed by atoms with Gasteiger partial charge in [-0.2, -0.15) is 0 Å². The molecule has 0 aliphatic carbocycles. The molecule has 0 spiro atoms. The number of hydrogen-bond acceptors (Lipinski definition) is 3. The first-order chi connectivity index (χ1) is 9.11. The predicted molar refractivity (Wildman–Crippen MR) is 73.2 cm³/mol. The van der Waals surface area contributed by atoms with E-state index in [1.807, 2.05) is 13.0 Å². The highest BCUT2D eigenvalue weighted by Gasteiger charge is 2.37. The number of anilines is 2. The topological polar surface area (TPSA) is 63.4 Å². The monoisotopic (exact) mass is 252 g/mol. The highest BCUT2D eigenvalue weighted by Crippen LogP contribution is 2.34. The Morgan fingerprint density at radius 1 is 0.895 bits per heavy atom. The van der Waals surface area contributed by atoms with Gasteiger partial charge < -0.3 is 5.73 Å². The SMILES string of the molecule is Cc1cccc(N)c1N1C(=O)c2ccccc2C1=O. The van der Waals surface area contributed by atoms with Gasteiger partial charge in [0.15, 0.2) is 0 Å². The molecule has 0 bridgehead atoms. The molecule has 0 aromatic heterocycles. The summed E-state index contributed by atoms with van der Waals surface area (Å²) in [5.74, 6) is -0.636. The van der Waals surface area contributed by atoms with Gasteiger partial charge in [0, 0.05) is 0 Å². The van der Waals surface area contributed by atoms with Crippen LogP contribution < -0.4 is 10.6 Å². The van der Waals surface area contributed by atoms with Gasteiger partial charge in [-0.3, -0.25) is 9.59 Å². The van der Waals surface area contributed by atoms with E-state index in [1.54, 1.807) is 36.4 Å². The Labute approximate surface area is 110 Å². The first-order valence-corrected chi connectivity index (χ1v) is 5.94. The maximum atomic E-state index is 12.4. The lowest BCUT2D eigenvalue weighted by Crippen LogP contribution is -2.30. The van der Waals surface area contributed by atoms with Crippen molar-refractivity contribution >= 4 is 23.2 Å². The molecule has 2 N–H and O–H groups in total. The second kappa shape index (κ2) is 3.95. The van der Waals surface area contributed by atoms with Gasteiger partial charge in [0.2, 0.25) is 0 Å². The standard InChI is InChI=1S/C15H12N2O2/c1-9-5-4-8-12(16)13(9)17-14(18)10-6-2-3-7-11(10)15(17)19/h2-8H,16H2,1H3. The maximum absolute atomic E-state index is 12.4. The molecule has 94 valence electrons. The number of aryl methyl sites for hydroxylation is 1. The Balaban J connectivity index is 2.20. The van der Waals surface area contributed by atoms with Gasteiger partial charge in [-0.05, 0) is 30.7 Å². The molecule has 19 heavy (non-hydrogen) atoms. The highest BCUT2D eigenvalue weighted by atomic mass is 16.2. The minimum absolute atomic E-state index is 0.318. The van der Waals surface area contributed by atoms with Crippen molar-refractivity contribution in [2.24, 2.45) is 0 Å². The number of imide groups is 1.